The Bertz CT molecular complexity index is 143. The van der Waals surface area contributed by atoms with Crippen LogP contribution in [0, 0.1) is 0 Å². The molecule has 3 heteroatoms. The zero-order valence-electron chi connectivity index (χ0n) is 6.92. The van der Waals surface area contributed by atoms with Crippen molar-refractivity contribution in [2.24, 2.45) is 11.5 Å². The number of amides is 1. The van der Waals surface area contributed by atoms with Gasteiger partial charge in [-0.25, -0.2) is 0 Å². The summed E-state index contributed by atoms with van der Waals surface area (Å²) < 4.78 is 0. The van der Waals surface area contributed by atoms with Gasteiger partial charge in [0.05, 0.1) is 0 Å². The predicted molar refractivity (Wildman–Crippen MR) is 45.8 cm³/mol. The largest absolute Gasteiger partial charge is 0.370 e. The van der Waals surface area contributed by atoms with Crippen molar-refractivity contribution in [1.29, 1.82) is 0 Å². The molecule has 0 saturated carbocycles. The second-order valence-electron chi connectivity index (χ2n) is 2.55. The molecule has 1 amide bonds. The fourth-order valence-electron chi connectivity index (χ4n) is 0.779. The Kier molecular flexibility index (Phi) is 5.47. The summed E-state index contributed by atoms with van der Waals surface area (Å²) in [6.07, 6.45) is 6.02. The highest BCUT2D eigenvalue weighted by Crippen LogP contribution is 1.95. The highest BCUT2D eigenvalue weighted by atomic mass is 16.1. The molecule has 0 saturated heterocycles. The molecule has 1 atom stereocenters. The van der Waals surface area contributed by atoms with Crippen LogP contribution in [0.3, 0.4) is 0 Å². The number of primary amides is 1. The smallest absolute Gasteiger partial charge is 0.218 e. The summed E-state index contributed by atoms with van der Waals surface area (Å²) in [7, 11) is 0. The first-order chi connectivity index (χ1) is 5.16. The molecule has 0 aromatic rings. The normalized spacial score (nSPS) is 13.6. The van der Waals surface area contributed by atoms with E-state index in [-0.39, 0.29) is 18.4 Å². The number of rotatable bonds is 5. The molecule has 0 aliphatic heterocycles. The minimum atomic E-state index is -0.331. The fourth-order valence-corrected chi connectivity index (χ4v) is 0.779. The molecule has 0 bridgehead atoms. The van der Waals surface area contributed by atoms with Crippen LogP contribution >= 0.6 is 0 Å². The van der Waals surface area contributed by atoms with Crippen molar-refractivity contribution in [2.45, 2.75) is 32.2 Å². The molecule has 64 valence electrons. The molecule has 0 radical (unpaired) electrons. The summed E-state index contributed by atoms with van der Waals surface area (Å²) in [5.74, 6) is -0.331. The Morgan fingerprint density at radius 3 is 2.64 bits per heavy atom. The van der Waals surface area contributed by atoms with Crippen LogP contribution in [0.1, 0.15) is 26.2 Å². The van der Waals surface area contributed by atoms with Crippen LogP contribution in [0.2, 0.25) is 0 Å². The third kappa shape index (κ3) is 7.06. The minimum Gasteiger partial charge on any atom is -0.370 e. The van der Waals surface area contributed by atoms with E-state index in [9.17, 15) is 4.79 Å². The molecule has 3 nitrogen and oxygen atoms in total. The van der Waals surface area contributed by atoms with Gasteiger partial charge in [-0.1, -0.05) is 19.1 Å². The molecule has 0 fully saturated rings. The average molecular weight is 156 g/mol. The summed E-state index contributed by atoms with van der Waals surface area (Å²) >= 11 is 0. The number of hydrogen-bond acceptors (Lipinski definition) is 2. The molecule has 0 spiro atoms. The zero-order valence-corrected chi connectivity index (χ0v) is 6.92. The zero-order chi connectivity index (χ0) is 8.69. The molecule has 4 N–H and O–H groups in total. The highest BCUT2D eigenvalue weighted by Gasteiger charge is 2.02. The molecular weight excluding hydrogens is 140 g/mol. The first-order valence-electron chi connectivity index (χ1n) is 3.85. The van der Waals surface area contributed by atoms with E-state index in [1.54, 1.807) is 0 Å². The van der Waals surface area contributed by atoms with E-state index in [2.05, 4.69) is 6.92 Å². The molecule has 1 unspecified atom stereocenters. The molecule has 0 aliphatic rings. The van der Waals surface area contributed by atoms with Crippen molar-refractivity contribution in [3.63, 3.8) is 0 Å². The molecule has 0 heterocycles. The number of allylic oxidation sites excluding steroid dienone is 1. The maximum atomic E-state index is 10.4. The van der Waals surface area contributed by atoms with Gasteiger partial charge >= 0.3 is 0 Å². The van der Waals surface area contributed by atoms with Crippen LogP contribution in [-0.2, 0) is 4.79 Å². The van der Waals surface area contributed by atoms with E-state index in [4.69, 9.17) is 11.5 Å². The van der Waals surface area contributed by atoms with Crippen molar-refractivity contribution in [2.75, 3.05) is 0 Å². The lowest BCUT2D eigenvalue weighted by Crippen LogP contribution is -2.26. The van der Waals surface area contributed by atoms with Gasteiger partial charge in [-0.3, -0.25) is 4.79 Å². The third-order valence-corrected chi connectivity index (χ3v) is 1.30. The number of carbonyl (C=O) groups is 1. The first kappa shape index (κ1) is 10.2. The Morgan fingerprint density at radius 2 is 2.18 bits per heavy atom. The lowest BCUT2D eigenvalue weighted by atomic mass is 10.1. The van der Waals surface area contributed by atoms with E-state index < -0.39 is 0 Å². The maximum Gasteiger partial charge on any atom is 0.218 e. The summed E-state index contributed by atoms with van der Waals surface area (Å²) in [4.78, 5) is 10.4. The summed E-state index contributed by atoms with van der Waals surface area (Å²) in [6, 6.07) is -0.115. The Morgan fingerprint density at radius 1 is 1.55 bits per heavy atom. The Labute approximate surface area is 67.4 Å². The van der Waals surface area contributed by atoms with Gasteiger partial charge in [-0.05, 0) is 12.8 Å². The lowest BCUT2D eigenvalue weighted by molar-refractivity contribution is -0.118. The van der Waals surface area contributed by atoms with Gasteiger partial charge in [0.1, 0.15) is 0 Å². The highest BCUT2D eigenvalue weighted by molar-refractivity contribution is 5.74. The van der Waals surface area contributed by atoms with Crippen molar-refractivity contribution < 1.29 is 4.79 Å². The third-order valence-electron chi connectivity index (χ3n) is 1.30. The van der Waals surface area contributed by atoms with Gasteiger partial charge in [0.15, 0.2) is 0 Å². The van der Waals surface area contributed by atoms with Crippen LogP contribution in [-0.4, -0.2) is 11.9 Å². The van der Waals surface area contributed by atoms with E-state index in [1.807, 2.05) is 12.2 Å². The van der Waals surface area contributed by atoms with Gasteiger partial charge in [0.2, 0.25) is 5.91 Å². The van der Waals surface area contributed by atoms with Gasteiger partial charge < -0.3 is 11.5 Å². The van der Waals surface area contributed by atoms with Crippen molar-refractivity contribution >= 4 is 5.91 Å². The van der Waals surface area contributed by atoms with Crippen molar-refractivity contribution in [1.82, 2.24) is 0 Å². The van der Waals surface area contributed by atoms with Gasteiger partial charge in [-0.2, -0.15) is 0 Å². The molecular formula is C8H16N2O. The Hall–Kier alpha value is -0.830. The van der Waals surface area contributed by atoms with Crippen LogP contribution in [0.25, 0.3) is 0 Å². The molecule has 0 aromatic heterocycles. The van der Waals surface area contributed by atoms with E-state index in [1.165, 1.54) is 0 Å². The summed E-state index contributed by atoms with van der Waals surface area (Å²) in [5.41, 5.74) is 10.5. The van der Waals surface area contributed by atoms with E-state index >= 15 is 0 Å². The standard InChI is InChI=1S/C8H16N2O/c1-2-3-4-5-7(9)6-8(10)11/h3-4,7H,2,5-6,9H2,1H3,(H2,10,11). The second kappa shape index (κ2) is 5.92. The first-order valence-corrected chi connectivity index (χ1v) is 3.85. The van der Waals surface area contributed by atoms with Gasteiger partial charge in [0.25, 0.3) is 0 Å². The summed E-state index contributed by atoms with van der Waals surface area (Å²) in [5, 5.41) is 0. The number of nitrogens with two attached hydrogens (primary N) is 2. The van der Waals surface area contributed by atoms with E-state index in [0.717, 1.165) is 12.8 Å². The quantitative estimate of drug-likeness (QED) is 0.570. The SMILES string of the molecule is CCC=CCC(N)CC(N)=O. The fraction of sp³-hybridized carbons (Fsp3) is 0.625. The number of carbonyl (C=O) groups excluding carboxylic acids is 1. The maximum absolute atomic E-state index is 10.4. The topological polar surface area (TPSA) is 69.1 Å². The Balaban J connectivity index is 3.44. The predicted octanol–water partition coefficient (Wildman–Crippen LogP) is 0.545. The number of hydrogen-bond donors (Lipinski definition) is 2. The van der Waals surface area contributed by atoms with Crippen LogP contribution < -0.4 is 11.5 Å². The summed E-state index contributed by atoms with van der Waals surface area (Å²) in [6.45, 7) is 2.05. The molecule has 11 heavy (non-hydrogen) atoms. The van der Waals surface area contributed by atoms with Crippen LogP contribution in [0.5, 0.6) is 0 Å². The second-order valence-corrected chi connectivity index (χ2v) is 2.55. The molecule has 0 rings (SSSR count). The minimum absolute atomic E-state index is 0.115. The lowest BCUT2D eigenvalue weighted by Gasteiger charge is -2.04. The van der Waals surface area contributed by atoms with Crippen LogP contribution in [0.15, 0.2) is 12.2 Å². The molecule has 0 aromatic carbocycles. The van der Waals surface area contributed by atoms with E-state index in [0.29, 0.717) is 0 Å². The average Bonchev–Trinajstić information content (AvgIpc) is 1.86. The van der Waals surface area contributed by atoms with Gasteiger partial charge in [-0.15, -0.1) is 0 Å². The van der Waals surface area contributed by atoms with Crippen molar-refractivity contribution in [3.8, 4) is 0 Å². The van der Waals surface area contributed by atoms with Crippen LogP contribution in [0.4, 0.5) is 0 Å². The van der Waals surface area contributed by atoms with Crippen molar-refractivity contribution in [3.05, 3.63) is 12.2 Å². The monoisotopic (exact) mass is 156 g/mol. The van der Waals surface area contributed by atoms with Gasteiger partial charge in [0, 0.05) is 12.5 Å². The molecule has 0 aliphatic carbocycles.